The summed E-state index contributed by atoms with van der Waals surface area (Å²) in [4.78, 5) is 11.8. The fraction of sp³-hybridized carbons (Fsp3) is 0.0714. The monoisotopic (exact) mass is 310 g/mol. The number of nitrogen functional groups attached to an aromatic ring is 1. The summed E-state index contributed by atoms with van der Waals surface area (Å²) in [7, 11) is 1.54. The quantitative estimate of drug-likeness (QED) is 0.849. The van der Waals surface area contributed by atoms with Gasteiger partial charge < -0.3 is 15.8 Å². The third kappa shape index (κ3) is 3.15. The van der Waals surface area contributed by atoms with Crippen molar-refractivity contribution in [1.82, 2.24) is 5.32 Å². The van der Waals surface area contributed by atoms with Crippen LogP contribution in [0.15, 0.2) is 36.4 Å². The Balaban J connectivity index is 2.41. The largest absolute Gasteiger partial charge is 0.455 e. The van der Waals surface area contributed by atoms with E-state index in [1.54, 1.807) is 36.4 Å². The molecule has 0 atom stereocenters. The first-order chi connectivity index (χ1) is 9.51. The van der Waals surface area contributed by atoms with E-state index in [2.05, 4.69) is 5.32 Å². The van der Waals surface area contributed by atoms with E-state index in [1.807, 2.05) is 0 Å². The molecule has 0 aromatic heterocycles. The summed E-state index contributed by atoms with van der Waals surface area (Å²) < 4.78 is 5.67. The van der Waals surface area contributed by atoms with E-state index in [0.29, 0.717) is 32.8 Å². The molecule has 104 valence electrons. The highest BCUT2D eigenvalue weighted by molar-refractivity contribution is 6.35. The molecular weight excluding hydrogens is 299 g/mol. The Morgan fingerprint density at radius 1 is 1.15 bits per heavy atom. The summed E-state index contributed by atoms with van der Waals surface area (Å²) in [5.74, 6) is 0.450. The summed E-state index contributed by atoms with van der Waals surface area (Å²) in [6, 6.07) is 9.62. The number of carbonyl (C=O) groups excluding carboxylic acids is 1. The number of rotatable bonds is 3. The number of anilines is 1. The second-order valence-electron chi connectivity index (χ2n) is 4.01. The molecular formula is C14H12Cl2N2O2. The lowest BCUT2D eigenvalue weighted by molar-refractivity contribution is 0.0961. The fourth-order valence-electron chi connectivity index (χ4n) is 1.62. The first-order valence-electron chi connectivity index (χ1n) is 5.76. The number of halogens is 2. The Labute approximate surface area is 126 Å². The van der Waals surface area contributed by atoms with E-state index in [1.165, 1.54) is 7.05 Å². The molecule has 0 aliphatic heterocycles. The van der Waals surface area contributed by atoms with Gasteiger partial charge in [0.2, 0.25) is 0 Å². The van der Waals surface area contributed by atoms with E-state index < -0.39 is 0 Å². The first-order valence-corrected chi connectivity index (χ1v) is 6.51. The molecule has 0 saturated carbocycles. The second kappa shape index (κ2) is 6.03. The van der Waals surface area contributed by atoms with Crippen LogP contribution < -0.4 is 15.8 Å². The van der Waals surface area contributed by atoms with E-state index in [9.17, 15) is 4.79 Å². The lowest BCUT2D eigenvalue weighted by atomic mass is 10.1. The van der Waals surface area contributed by atoms with Crippen molar-refractivity contribution in [3.63, 3.8) is 0 Å². The number of ether oxygens (including phenoxy) is 1. The molecule has 0 aliphatic carbocycles. The summed E-state index contributed by atoms with van der Waals surface area (Å²) >= 11 is 11.9. The molecule has 0 spiro atoms. The van der Waals surface area contributed by atoms with E-state index in [-0.39, 0.29) is 5.91 Å². The molecule has 0 heterocycles. The van der Waals surface area contributed by atoms with Crippen molar-refractivity contribution in [2.45, 2.75) is 0 Å². The number of benzene rings is 2. The Morgan fingerprint density at radius 2 is 1.90 bits per heavy atom. The lowest BCUT2D eigenvalue weighted by Crippen LogP contribution is -2.18. The van der Waals surface area contributed by atoms with Gasteiger partial charge >= 0.3 is 0 Å². The Kier molecular flexibility index (Phi) is 4.37. The number of hydrogen-bond acceptors (Lipinski definition) is 3. The van der Waals surface area contributed by atoms with Gasteiger partial charge in [0, 0.05) is 23.8 Å². The zero-order valence-corrected chi connectivity index (χ0v) is 12.1. The summed E-state index contributed by atoms with van der Waals surface area (Å²) in [5.41, 5.74) is 6.57. The van der Waals surface area contributed by atoms with Crippen molar-refractivity contribution >= 4 is 34.8 Å². The highest BCUT2D eigenvalue weighted by atomic mass is 35.5. The lowest BCUT2D eigenvalue weighted by Gasteiger charge is -2.12. The number of amides is 1. The number of nitrogens with two attached hydrogens (primary N) is 1. The maximum absolute atomic E-state index is 11.8. The van der Waals surface area contributed by atoms with Gasteiger partial charge in [-0.25, -0.2) is 0 Å². The zero-order chi connectivity index (χ0) is 14.7. The van der Waals surface area contributed by atoms with Gasteiger partial charge in [0.1, 0.15) is 11.5 Å². The predicted octanol–water partition coefficient (Wildman–Crippen LogP) is 3.73. The molecule has 2 aromatic rings. The molecule has 0 unspecified atom stereocenters. The molecule has 0 aliphatic rings. The van der Waals surface area contributed by atoms with Gasteiger partial charge in [0.05, 0.1) is 10.6 Å². The van der Waals surface area contributed by atoms with Crippen molar-refractivity contribution in [1.29, 1.82) is 0 Å². The molecule has 0 bridgehead atoms. The maximum Gasteiger partial charge on any atom is 0.254 e. The molecule has 3 N–H and O–H groups in total. The summed E-state index contributed by atoms with van der Waals surface area (Å²) in [5, 5.41) is 3.39. The van der Waals surface area contributed by atoms with Gasteiger partial charge in [-0.2, -0.15) is 0 Å². The van der Waals surface area contributed by atoms with Gasteiger partial charge in [-0.15, -0.1) is 0 Å². The number of nitrogens with one attached hydrogen (secondary N) is 1. The van der Waals surface area contributed by atoms with Gasteiger partial charge in [-0.05, 0) is 30.3 Å². The van der Waals surface area contributed by atoms with Gasteiger partial charge in [0.25, 0.3) is 5.91 Å². The minimum Gasteiger partial charge on any atom is -0.455 e. The Hall–Kier alpha value is -1.91. The average molecular weight is 311 g/mol. The average Bonchev–Trinajstić information content (AvgIpc) is 2.41. The van der Waals surface area contributed by atoms with Crippen LogP contribution in [0.2, 0.25) is 10.0 Å². The molecule has 0 fully saturated rings. The highest BCUT2D eigenvalue weighted by Gasteiger charge is 2.13. The second-order valence-corrected chi connectivity index (χ2v) is 4.86. The number of carbonyl (C=O) groups is 1. The molecule has 1 amide bonds. The molecule has 4 nitrogen and oxygen atoms in total. The topological polar surface area (TPSA) is 64.4 Å². The van der Waals surface area contributed by atoms with Crippen LogP contribution in [0.1, 0.15) is 10.4 Å². The van der Waals surface area contributed by atoms with Crippen molar-refractivity contribution in [2.24, 2.45) is 0 Å². The van der Waals surface area contributed by atoms with Gasteiger partial charge in [0.15, 0.2) is 0 Å². The first kappa shape index (κ1) is 14.5. The van der Waals surface area contributed by atoms with Gasteiger partial charge in [-0.1, -0.05) is 23.2 Å². The highest BCUT2D eigenvalue weighted by Crippen LogP contribution is 2.33. The third-order valence-electron chi connectivity index (χ3n) is 2.59. The molecule has 20 heavy (non-hydrogen) atoms. The maximum atomic E-state index is 11.8. The molecule has 0 radical (unpaired) electrons. The minimum absolute atomic E-state index is 0.273. The van der Waals surface area contributed by atoms with Crippen LogP contribution >= 0.6 is 23.2 Å². The Morgan fingerprint density at radius 3 is 2.55 bits per heavy atom. The van der Waals surface area contributed by atoms with Crippen molar-refractivity contribution in [3.05, 3.63) is 52.0 Å². The van der Waals surface area contributed by atoms with Crippen LogP contribution in [-0.2, 0) is 0 Å². The molecule has 2 rings (SSSR count). The third-order valence-corrected chi connectivity index (χ3v) is 3.12. The normalized spacial score (nSPS) is 10.2. The smallest absolute Gasteiger partial charge is 0.254 e. The summed E-state index contributed by atoms with van der Waals surface area (Å²) in [6.07, 6.45) is 0. The fourth-order valence-corrected chi connectivity index (χ4v) is 2.07. The SMILES string of the molecule is CNC(=O)c1ccc(N)cc1Oc1ccc(Cl)cc1Cl. The molecule has 0 saturated heterocycles. The minimum atomic E-state index is -0.273. The van der Waals surface area contributed by atoms with Crippen molar-refractivity contribution < 1.29 is 9.53 Å². The van der Waals surface area contributed by atoms with Crippen LogP contribution in [-0.4, -0.2) is 13.0 Å². The molecule has 6 heteroatoms. The Bertz CT molecular complexity index is 660. The van der Waals surface area contributed by atoms with Crippen molar-refractivity contribution in [2.75, 3.05) is 12.8 Å². The zero-order valence-electron chi connectivity index (χ0n) is 10.6. The molecule has 2 aromatic carbocycles. The van der Waals surface area contributed by atoms with E-state index in [0.717, 1.165) is 0 Å². The van der Waals surface area contributed by atoms with Crippen LogP contribution in [0, 0.1) is 0 Å². The van der Waals surface area contributed by atoms with E-state index >= 15 is 0 Å². The van der Waals surface area contributed by atoms with Crippen molar-refractivity contribution in [3.8, 4) is 11.5 Å². The van der Waals surface area contributed by atoms with Gasteiger partial charge in [-0.3, -0.25) is 4.79 Å². The van der Waals surface area contributed by atoms with Crippen LogP contribution in [0.4, 0.5) is 5.69 Å². The van der Waals surface area contributed by atoms with Crippen LogP contribution in [0.25, 0.3) is 0 Å². The standard InChI is InChI=1S/C14H12Cl2N2O2/c1-18-14(19)10-4-3-9(17)7-13(10)20-12-5-2-8(15)6-11(12)16/h2-7H,17H2,1H3,(H,18,19). The summed E-state index contributed by atoms with van der Waals surface area (Å²) in [6.45, 7) is 0. The van der Waals surface area contributed by atoms with Crippen LogP contribution in [0.3, 0.4) is 0 Å². The van der Waals surface area contributed by atoms with E-state index in [4.69, 9.17) is 33.7 Å². The van der Waals surface area contributed by atoms with Crippen LogP contribution in [0.5, 0.6) is 11.5 Å². The predicted molar refractivity (Wildman–Crippen MR) is 80.8 cm³/mol. The number of hydrogen-bond donors (Lipinski definition) is 2.